The standard InChI is InChI=1S/C20H25N3O3S/c1-2-23-27(25,26)19-12-9-17(10-13-19)11-14-20(24)22-16-6-15-21-18-7-4-3-5-8-18/h3-5,7-14,21,23H,2,6,15-16H2,1H3,(H,22,24)/b14-11+. The van der Waals surface area contributed by atoms with E-state index in [-0.39, 0.29) is 10.8 Å². The second-order valence-corrected chi connectivity index (χ2v) is 7.61. The Labute approximate surface area is 160 Å². The average Bonchev–Trinajstić information content (AvgIpc) is 2.67. The van der Waals surface area contributed by atoms with Crippen LogP contribution in [0.4, 0.5) is 5.69 Å². The van der Waals surface area contributed by atoms with Gasteiger partial charge in [-0.1, -0.05) is 37.3 Å². The van der Waals surface area contributed by atoms with Gasteiger partial charge in [-0.3, -0.25) is 4.79 Å². The molecule has 0 heterocycles. The van der Waals surface area contributed by atoms with Crippen molar-refractivity contribution in [1.29, 1.82) is 0 Å². The normalized spacial score (nSPS) is 11.4. The minimum absolute atomic E-state index is 0.181. The molecule has 0 bridgehead atoms. The predicted octanol–water partition coefficient (Wildman–Crippen LogP) is 2.62. The van der Waals surface area contributed by atoms with Crippen LogP contribution >= 0.6 is 0 Å². The predicted molar refractivity (Wildman–Crippen MR) is 109 cm³/mol. The van der Waals surface area contributed by atoms with Gasteiger partial charge in [-0.2, -0.15) is 0 Å². The summed E-state index contributed by atoms with van der Waals surface area (Å²) in [4.78, 5) is 12.0. The minimum Gasteiger partial charge on any atom is -0.385 e. The van der Waals surface area contributed by atoms with Crippen LogP contribution in [0.25, 0.3) is 6.08 Å². The van der Waals surface area contributed by atoms with Crippen molar-refractivity contribution in [3.63, 3.8) is 0 Å². The number of para-hydroxylation sites is 1. The van der Waals surface area contributed by atoms with E-state index in [2.05, 4.69) is 15.4 Å². The molecular formula is C20H25N3O3S. The first-order chi connectivity index (χ1) is 13.0. The van der Waals surface area contributed by atoms with Gasteiger partial charge < -0.3 is 10.6 Å². The maximum absolute atomic E-state index is 11.9. The van der Waals surface area contributed by atoms with Gasteiger partial charge in [0.15, 0.2) is 0 Å². The van der Waals surface area contributed by atoms with E-state index in [9.17, 15) is 13.2 Å². The third kappa shape index (κ3) is 7.24. The van der Waals surface area contributed by atoms with Gasteiger partial charge in [0.1, 0.15) is 0 Å². The fraction of sp³-hybridized carbons (Fsp3) is 0.250. The zero-order valence-electron chi connectivity index (χ0n) is 15.3. The highest BCUT2D eigenvalue weighted by Crippen LogP contribution is 2.11. The van der Waals surface area contributed by atoms with Crippen molar-refractivity contribution in [3.05, 3.63) is 66.2 Å². The van der Waals surface area contributed by atoms with Crippen molar-refractivity contribution < 1.29 is 13.2 Å². The molecule has 1 amide bonds. The van der Waals surface area contributed by atoms with Crippen LogP contribution in [0.15, 0.2) is 65.6 Å². The van der Waals surface area contributed by atoms with Gasteiger partial charge in [0.2, 0.25) is 15.9 Å². The zero-order valence-corrected chi connectivity index (χ0v) is 16.1. The second-order valence-electron chi connectivity index (χ2n) is 5.84. The minimum atomic E-state index is -3.46. The fourth-order valence-corrected chi connectivity index (χ4v) is 3.39. The molecule has 2 rings (SSSR count). The lowest BCUT2D eigenvalue weighted by molar-refractivity contribution is -0.116. The van der Waals surface area contributed by atoms with Crippen LogP contribution in [0.2, 0.25) is 0 Å². The van der Waals surface area contributed by atoms with Gasteiger partial charge in [-0.25, -0.2) is 13.1 Å². The first-order valence-corrected chi connectivity index (χ1v) is 10.3. The van der Waals surface area contributed by atoms with Crippen molar-refractivity contribution >= 4 is 27.7 Å². The highest BCUT2D eigenvalue weighted by Gasteiger charge is 2.11. The molecular weight excluding hydrogens is 362 g/mol. The molecule has 2 aromatic rings. The van der Waals surface area contributed by atoms with Crippen LogP contribution in [0.1, 0.15) is 18.9 Å². The summed E-state index contributed by atoms with van der Waals surface area (Å²) in [5, 5.41) is 6.10. The number of hydrogen-bond acceptors (Lipinski definition) is 4. The Kier molecular flexibility index (Phi) is 8.03. The van der Waals surface area contributed by atoms with Crippen molar-refractivity contribution in [3.8, 4) is 0 Å². The van der Waals surface area contributed by atoms with Gasteiger partial charge in [0.25, 0.3) is 0 Å². The summed E-state index contributed by atoms with van der Waals surface area (Å²) in [6.07, 6.45) is 3.91. The number of carbonyl (C=O) groups excluding carboxylic acids is 1. The van der Waals surface area contributed by atoms with E-state index in [0.717, 1.165) is 24.2 Å². The molecule has 0 radical (unpaired) electrons. The average molecular weight is 388 g/mol. The molecule has 2 aromatic carbocycles. The van der Waals surface area contributed by atoms with Crippen molar-refractivity contribution in [2.45, 2.75) is 18.2 Å². The molecule has 0 aliphatic heterocycles. The zero-order chi connectivity index (χ0) is 19.5. The topological polar surface area (TPSA) is 87.3 Å². The summed E-state index contributed by atoms with van der Waals surface area (Å²) in [6.45, 7) is 3.41. The van der Waals surface area contributed by atoms with Crippen molar-refractivity contribution in [2.75, 3.05) is 25.0 Å². The molecule has 0 spiro atoms. The molecule has 0 saturated carbocycles. The molecule has 0 aliphatic carbocycles. The second kappa shape index (κ2) is 10.5. The molecule has 0 saturated heterocycles. The molecule has 0 unspecified atom stereocenters. The van der Waals surface area contributed by atoms with Crippen LogP contribution in [-0.4, -0.2) is 34.0 Å². The van der Waals surface area contributed by atoms with Crippen LogP contribution in [-0.2, 0) is 14.8 Å². The number of sulfonamides is 1. The molecule has 6 nitrogen and oxygen atoms in total. The van der Waals surface area contributed by atoms with E-state index in [1.54, 1.807) is 25.1 Å². The van der Waals surface area contributed by atoms with E-state index >= 15 is 0 Å². The third-order valence-electron chi connectivity index (χ3n) is 3.71. The monoisotopic (exact) mass is 387 g/mol. The molecule has 0 aromatic heterocycles. The van der Waals surface area contributed by atoms with Crippen LogP contribution < -0.4 is 15.4 Å². The van der Waals surface area contributed by atoms with E-state index in [1.807, 2.05) is 30.3 Å². The lowest BCUT2D eigenvalue weighted by atomic mass is 10.2. The van der Waals surface area contributed by atoms with E-state index in [1.165, 1.54) is 18.2 Å². The Bertz CT molecular complexity index is 848. The summed E-state index contributed by atoms with van der Waals surface area (Å²) in [5.41, 5.74) is 1.81. The van der Waals surface area contributed by atoms with Crippen LogP contribution in [0, 0.1) is 0 Å². The number of carbonyl (C=O) groups is 1. The lowest BCUT2D eigenvalue weighted by Crippen LogP contribution is -2.23. The fourth-order valence-electron chi connectivity index (χ4n) is 2.35. The smallest absolute Gasteiger partial charge is 0.244 e. The number of hydrogen-bond donors (Lipinski definition) is 3. The lowest BCUT2D eigenvalue weighted by Gasteiger charge is -2.06. The van der Waals surface area contributed by atoms with Crippen LogP contribution in [0.5, 0.6) is 0 Å². The van der Waals surface area contributed by atoms with E-state index in [0.29, 0.717) is 13.1 Å². The van der Waals surface area contributed by atoms with E-state index in [4.69, 9.17) is 0 Å². The maximum atomic E-state index is 11.9. The molecule has 7 heteroatoms. The third-order valence-corrected chi connectivity index (χ3v) is 5.27. The molecule has 27 heavy (non-hydrogen) atoms. The summed E-state index contributed by atoms with van der Waals surface area (Å²) in [6, 6.07) is 16.3. The number of benzene rings is 2. The Morgan fingerprint density at radius 2 is 1.70 bits per heavy atom. The first-order valence-electron chi connectivity index (χ1n) is 8.86. The molecule has 0 fully saturated rings. The Balaban J connectivity index is 1.72. The highest BCUT2D eigenvalue weighted by atomic mass is 32.2. The summed E-state index contributed by atoms with van der Waals surface area (Å²) in [5.74, 6) is -0.181. The summed E-state index contributed by atoms with van der Waals surface area (Å²) < 4.78 is 26.2. The van der Waals surface area contributed by atoms with Crippen molar-refractivity contribution in [1.82, 2.24) is 10.0 Å². The molecule has 144 valence electrons. The molecule has 0 aliphatic rings. The molecule has 0 atom stereocenters. The summed E-state index contributed by atoms with van der Waals surface area (Å²) >= 11 is 0. The number of nitrogens with one attached hydrogen (secondary N) is 3. The SMILES string of the molecule is CCNS(=O)(=O)c1ccc(/C=C/C(=O)NCCCNc2ccccc2)cc1. The van der Waals surface area contributed by atoms with Crippen molar-refractivity contribution in [2.24, 2.45) is 0 Å². The van der Waals surface area contributed by atoms with Gasteiger partial charge in [-0.05, 0) is 42.3 Å². The largest absolute Gasteiger partial charge is 0.385 e. The maximum Gasteiger partial charge on any atom is 0.244 e. The Hall–Kier alpha value is -2.64. The Morgan fingerprint density at radius 3 is 2.37 bits per heavy atom. The van der Waals surface area contributed by atoms with Gasteiger partial charge >= 0.3 is 0 Å². The molecule has 3 N–H and O–H groups in total. The number of rotatable bonds is 10. The van der Waals surface area contributed by atoms with Gasteiger partial charge in [0, 0.05) is 31.4 Å². The Morgan fingerprint density at radius 1 is 1.00 bits per heavy atom. The number of amides is 1. The van der Waals surface area contributed by atoms with E-state index < -0.39 is 10.0 Å². The van der Waals surface area contributed by atoms with Crippen LogP contribution in [0.3, 0.4) is 0 Å². The number of anilines is 1. The first kappa shape index (κ1) is 20.7. The quantitative estimate of drug-likeness (QED) is 0.432. The highest BCUT2D eigenvalue weighted by molar-refractivity contribution is 7.89. The van der Waals surface area contributed by atoms with Gasteiger partial charge in [0.05, 0.1) is 4.90 Å². The van der Waals surface area contributed by atoms with Gasteiger partial charge in [-0.15, -0.1) is 0 Å². The summed E-state index contributed by atoms with van der Waals surface area (Å²) in [7, 11) is -3.46.